The van der Waals surface area contributed by atoms with Crippen molar-refractivity contribution in [1.29, 1.82) is 0 Å². The van der Waals surface area contributed by atoms with Gasteiger partial charge in [0.25, 0.3) is 0 Å². The average Bonchev–Trinajstić information content (AvgIpc) is 2.77. The number of nitrogens with zero attached hydrogens (tertiary/aromatic N) is 3. The van der Waals surface area contributed by atoms with E-state index in [2.05, 4.69) is 22.3 Å². The number of aliphatic hydroxyl groups is 1. The van der Waals surface area contributed by atoms with Gasteiger partial charge in [0.1, 0.15) is 5.52 Å². The van der Waals surface area contributed by atoms with Crippen molar-refractivity contribution in [2.75, 3.05) is 18.5 Å². The molecule has 0 amide bonds. The van der Waals surface area contributed by atoms with Gasteiger partial charge >= 0.3 is 0 Å². The molecule has 0 aromatic carbocycles. The van der Waals surface area contributed by atoms with E-state index in [0.717, 1.165) is 42.8 Å². The second-order valence-corrected chi connectivity index (χ2v) is 4.94. The van der Waals surface area contributed by atoms with Crippen LogP contribution in [-0.2, 0) is 0 Å². The van der Waals surface area contributed by atoms with E-state index in [9.17, 15) is 0 Å². The molecule has 5 heteroatoms. The maximum Gasteiger partial charge on any atom is 0.152 e. The number of aromatic nitrogens is 3. The Morgan fingerprint density at radius 1 is 1.42 bits per heavy atom. The highest BCUT2D eigenvalue weighted by molar-refractivity contribution is 5.67. The van der Waals surface area contributed by atoms with Crippen LogP contribution in [0, 0.1) is 12.8 Å². The molecule has 104 valence electrons. The average molecular weight is 262 g/mol. The van der Waals surface area contributed by atoms with Crippen LogP contribution in [0.4, 0.5) is 5.82 Å². The summed E-state index contributed by atoms with van der Waals surface area (Å²) in [4.78, 5) is 4.38. The van der Waals surface area contributed by atoms with E-state index in [0.29, 0.717) is 5.92 Å². The van der Waals surface area contributed by atoms with Crippen molar-refractivity contribution in [2.24, 2.45) is 5.92 Å². The van der Waals surface area contributed by atoms with Gasteiger partial charge in [-0.1, -0.05) is 13.3 Å². The fraction of sp³-hybridized carbons (Fsp3) is 0.571. The van der Waals surface area contributed by atoms with Gasteiger partial charge in [0.05, 0.1) is 5.69 Å². The third-order valence-corrected chi connectivity index (χ3v) is 3.30. The summed E-state index contributed by atoms with van der Waals surface area (Å²) in [5, 5.41) is 16.8. The Morgan fingerprint density at radius 2 is 2.26 bits per heavy atom. The van der Waals surface area contributed by atoms with Crippen LogP contribution in [0.1, 0.15) is 31.9 Å². The van der Waals surface area contributed by atoms with Gasteiger partial charge in [-0.3, -0.25) is 0 Å². The fourth-order valence-corrected chi connectivity index (χ4v) is 2.36. The lowest BCUT2D eigenvalue weighted by molar-refractivity contribution is 0.255. The van der Waals surface area contributed by atoms with E-state index in [4.69, 9.17) is 5.11 Å². The molecule has 0 spiro atoms. The second kappa shape index (κ2) is 6.52. The minimum Gasteiger partial charge on any atom is -0.396 e. The van der Waals surface area contributed by atoms with E-state index in [-0.39, 0.29) is 6.61 Å². The van der Waals surface area contributed by atoms with Crippen LogP contribution in [-0.4, -0.2) is 32.9 Å². The summed E-state index contributed by atoms with van der Waals surface area (Å²) in [6.45, 7) is 5.23. The Bertz CT molecular complexity index is 517. The number of hydrogen-bond donors (Lipinski definition) is 2. The number of anilines is 1. The summed E-state index contributed by atoms with van der Waals surface area (Å²) in [7, 11) is 0. The lowest BCUT2D eigenvalue weighted by Crippen LogP contribution is -2.16. The minimum absolute atomic E-state index is 0.246. The van der Waals surface area contributed by atoms with Crippen LogP contribution in [0.25, 0.3) is 5.52 Å². The van der Waals surface area contributed by atoms with E-state index >= 15 is 0 Å². The van der Waals surface area contributed by atoms with Gasteiger partial charge in [-0.25, -0.2) is 9.50 Å². The monoisotopic (exact) mass is 262 g/mol. The highest BCUT2D eigenvalue weighted by atomic mass is 16.3. The summed E-state index contributed by atoms with van der Waals surface area (Å²) in [6.07, 6.45) is 6.69. The zero-order chi connectivity index (χ0) is 13.7. The number of rotatable bonds is 7. The maximum absolute atomic E-state index is 9.08. The third kappa shape index (κ3) is 3.44. The zero-order valence-corrected chi connectivity index (χ0v) is 11.6. The van der Waals surface area contributed by atoms with Crippen LogP contribution >= 0.6 is 0 Å². The molecule has 2 aromatic rings. The number of nitrogens with one attached hydrogen (secondary N) is 1. The minimum atomic E-state index is 0.246. The summed E-state index contributed by atoms with van der Waals surface area (Å²) in [5.41, 5.74) is 1.98. The van der Waals surface area contributed by atoms with Crippen LogP contribution in [0.3, 0.4) is 0 Å². The van der Waals surface area contributed by atoms with Crippen molar-refractivity contribution < 1.29 is 5.11 Å². The van der Waals surface area contributed by atoms with Crippen molar-refractivity contribution in [3.63, 3.8) is 0 Å². The number of aliphatic hydroxyl groups excluding tert-OH is 1. The topological polar surface area (TPSA) is 62.5 Å². The molecule has 2 N–H and O–H groups in total. The number of hydrogen-bond acceptors (Lipinski definition) is 4. The molecule has 1 atom stereocenters. The van der Waals surface area contributed by atoms with Gasteiger partial charge in [0.2, 0.25) is 0 Å². The van der Waals surface area contributed by atoms with E-state index in [1.165, 1.54) is 0 Å². The smallest absolute Gasteiger partial charge is 0.152 e. The van der Waals surface area contributed by atoms with E-state index in [1.807, 2.05) is 23.7 Å². The summed E-state index contributed by atoms with van der Waals surface area (Å²) >= 11 is 0. The largest absolute Gasteiger partial charge is 0.396 e. The predicted octanol–water partition coefficient (Wildman–Crippen LogP) is 2.25. The lowest BCUT2D eigenvalue weighted by Gasteiger charge is -2.16. The first-order valence-electron chi connectivity index (χ1n) is 6.90. The molecule has 0 aliphatic heterocycles. The Labute approximate surface area is 113 Å². The predicted molar refractivity (Wildman–Crippen MR) is 76.3 cm³/mol. The summed E-state index contributed by atoms with van der Waals surface area (Å²) in [5.74, 6) is 1.35. The van der Waals surface area contributed by atoms with Crippen molar-refractivity contribution in [2.45, 2.75) is 33.1 Å². The molecule has 0 saturated heterocycles. The molecular formula is C14H22N4O. The van der Waals surface area contributed by atoms with Crippen molar-refractivity contribution in [3.8, 4) is 0 Å². The van der Waals surface area contributed by atoms with Crippen molar-refractivity contribution in [1.82, 2.24) is 14.6 Å². The van der Waals surface area contributed by atoms with Crippen LogP contribution in [0.2, 0.25) is 0 Å². The van der Waals surface area contributed by atoms with Crippen molar-refractivity contribution in [3.05, 3.63) is 24.2 Å². The normalized spacial score (nSPS) is 12.8. The highest BCUT2D eigenvalue weighted by Gasteiger charge is 2.09. The molecule has 19 heavy (non-hydrogen) atoms. The molecule has 0 aliphatic rings. The van der Waals surface area contributed by atoms with Crippen LogP contribution in [0.15, 0.2) is 18.5 Å². The number of aryl methyl sites for hydroxylation is 1. The summed E-state index contributed by atoms with van der Waals surface area (Å²) < 4.78 is 1.84. The van der Waals surface area contributed by atoms with E-state index < -0.39 is 0 Å². The van der Waals surface area contributed by atoms with Gasteiger partial charge in [-0.05, 0) is 31.7 Å². The first-order chi connectivity index (χ1) is 9.24. The summed E-state index contributed by atoms with van der Waals surface area (Å²) in [6, 6.07) is 2.02. The first-order valence-corrected chi connectivity index (χ1v) is 6.90. The van der Waals surface area contributed by atoms with Gasteiger partial charge in [-0.15, -0.1) is 0 Å². The Balaban J connectivity index is 2.08. The molecule has 1 unspecified atom stereocenters. The molecule has 0 fully saturated rings. The lowest BCUT2D eigenvalue weighted by atomic mass is 10.0. The third-order valence-electron chi connectivity index (χ3n) is 3.30. The highest BCUT2D eigenvalue weighted by Crippen LogP contribution is 2.17. The molecule has 2 heterocycles. The number of fused-ring (bicyclic) bond motifs is 1. The van der Waals surface area contributed by atoms with Gasteiger partial charge < -0.3 is 10.4 Å². The molecule has 5 nitrogen and oxygen atoms in total. The van der Waals surface area contributed by atoms with E-state index in [1.54, 1.807) is 6.20 Å². The van der Waals surface area contributed by atoms with Gasteiger partial charge in [0, 0.05) is 25.5 Å². The molecule has 2 rings (SSSR count). The SMILES string of the molecule is CCCC(CCO)CNc1nccn2nc(C)cc12. The molecule has 0 radical (unpaired) electrons. The first kappa shape index (κ1) is 13.8. The van der Waals surface area contributed by atoms with Crippen molar-refractivity contribution >= 4 is 11.3 Å². The Morgan fingerprint density at radius 3 is 3.00 bits per heavy atom. The second-order valence-electron chi connectivity index (χ2n) is 4.94. The standard InChI is InChI=1S/C14H22N4O/c1-3-4-12(5-8-19)10-16-14-13-9-11(2)17-18(13)7-6-15-14/h6-7,9,12,19H,3-5,8,10H2,1-2H3,(H,15,16). The Kier molecular flexibility index (Phi) is 4.74. The molecule has 0 saturated carbocycles. The van der Waals surface area contributed by atoms with Gasteiger partial charge in [0.15, 0.2) is 5.82 Å². The fourth-order valence-electron chi connectivity index (χ4n) is 2.36. The Hall–Kier alpha value is -1.62. The molecule has 0 bridgehead atoms. The van der Waals surface area contributed by atoms with Gasteiger partial charge in [-0.2, -0.15) is 5.10 Å². The quantitative estimate of drug-likeness (QED) is 0.803. The maximum atomic E-state index is 9.08. The molecular weight excluding hydrogens is 240 g/mol. The zero-order valence-electron chi connectivity index (χ0n) is 11.6. The van der Waals surface area contributed by atoms with Crippen LogP contribution < -0.4 is 5.32 Å². The molecule has 0 aliphatic carbocycles. The molecule has 2 aromatic heterocycles. The van der Waals surface area contributed by atoms with Crippen LogP contribution in [0.5, 0.6) is 0 Å².